The number of fused-ring (bicyclic) bond motifs is 1. The second-order valence-corrected chi connectivity index (χ2v) is 9.89. The predicted octanol–water partition coefficient (Wildman–Crippen LogP) is 4.39. The fraction of sp³-hybridized carbons (Fsp3) is 0.458. The summed E-state index contributed by atoms with van der Waals surface area (Å²) in [5.41, 5.74) is -0.260. The molecule has 2 aliphatic rings. The molecule has 2 fully saturated rings. The molecule has 1 saturated heterocycles. The number of pyridine rings is 1. The van der Waals surface area contributed by atoms with Crippen LogP contribution >= 0.6 is 11.6 Å². The van der Waals surface area contributed by atoms with Crippen LogP contribution in [0.2, 0.25) is 5.02 Å². The zero-order chi connectivity index (χ0) is 26.5. The van der Waals surface area contributed by atoms with Crippen molar-refractivity contribution in [2.75, 3.05) is 11.9 Å². The van der Waals surface area contributed by atoms with Gasteiger partial charge >= 0.3 is 6.18 Å². The van der Waals surface area contributed by atoms with Gasteiger partial charge in [0.15, 0.2) is 5.69 Å². The number of alkyl halides is 3. The number of piperidine rings is 1. The third kappa shape index (κ3) is 4.70. The van der Waals surface area contributed by atoms with Crippen LogP contribution in [0.3, 0.4) is 0 Å². The monoisotopic (exact) mass is 535 g/mol. The lowest BCUT2D eigenvalue weighted by Gasteiger charge is -2.41. The summed E-state index contributed by atoms with van der Waals surface area (Å²) < 4.78 is 45.5. The van der Waals surface area contributed by atoms with Crippen LogP contribution in [0.1, 0.15) is 53.5 Å². The van der Waals surface area contributed by atoms with Gasteiger partial charge in [0.1, 0.15) is 11.4 Å². The van der Waals surface area contributed by atoms with Crippen LogP contribution < -0.4 is 10.6 Å². The molecular formula is C24H25ClF3N7O2. The topological polar surface area (TPSA) is 107 Å². The van der Waals surface area contributed by atoms with Crippen molar-refractivity contribution in [1.29, 1.82) is 0 Å². The van der Waals surface area contributed by atoms with Gasteiger partial charge in [0.2, 0.25) is 5.91 Å². The van der Waals surface area contributed by atoms with Crippen molar-refractivity contribution in [3.63, 3.8) is 0 Å². The standard InChI is InChI=1S/C24H25ClF3N7O2/c1-12-18(10-16(25)20(31-12)17-7-9-34(2)33-17)32-23(37)15-11-30-35(21(15)24(26,27)28)19-5-3-4-14-13(19)6-8-29-22(14)36/h7,9-11,13-14,19H,3-6,8H2,1-2H3,(H,29,36)(H,32,37). The van der Waals surface area contributed by atoms with Gasteiger partial charge in [0.25, 0.3) is 5.91 Å². The number of carbonyl (C=O) groups excluding carboxylic acids is 2. The van der Waals surface area contributed by atoms with Crippen molar-refractivity contribution in [2.24, 2.45) is 18.9 Å². The van der Waals surface area contributed by atoms with Crippen LogP contribution in [0.25, 0.3) is 11.4 Å². The fourth-order valence-electron chi connectivity index (χ4n) is 5.44. The molecule has 0 radical (unpaired) electrons. The number of hydrogen-bond donors (Lipinski definition) is 2. The van der Waals surface area contributed by atoms with E-state index < -0.39 is 29.4 Å². The number of carbonyl (C=O) groups is 2. The molecule has 3 unspecified atom stereocenters. The summed E-state index contributed by atoms with van der Waals surface area (Å²) in [6.07, 6.45) is 0.0785. The van der Waals surface area contributed by atoms with E-state index >= 15 is 0 Å². The summed E-state index contributed by atoms with van der Waals surface area (Å²) in [5.74, 6) is -1.74. The first-order valence-electron chi connectivity index (χ1n) is 12.0. The highest BCUT2D eigenvalue weighted by atomic mass is 35.5. The van der Waals surface area contributed by atoms with Gasteiger partial charge in [-0.15, -0.1) is 0 Å². The normalized spacial score (nSPS) is 21.9. The minimum Gasteiger partial charge on any atom is -0.356 e. The average molecular weight is 536 g/mol. The minimum atomic E-state index is -4.83. The summed E-state index contributed by atoms with van der Waals surface area (Å²) >= 11 is 6.37. The van der Waals surface area contributed by atoms with Gasteiger partial charge in [-0.1, -0.05) is 18.0 Å². The molecule has 9 nitrogen and oxygen atoms in total. The lowest BCUT2D eigenvalue weighted by Crippen LogP contribution is -2.47. The molecule has 3 aromatic heterocycles. The van der Waals surface area contributed by atoms with Crippen LogP contribution in [0, 0.1) is 18.8 Å². The molecule has 5 rings (SSSR count). The average Bonchev–Trinajstić information content (AvgIpc) is 3.48. The van der Waals surface area contributed by atoms with Crippen LogP contribution in [-0.2, 0) is 18.0 Å². The summed E-state index contributed by atoms with van der Waals surface area (Å²) in [4.78, 5) is 29.9. The van der Waals surface area contributed by atoms with E-state index in [0.29, 0.717) is 49.3 Å². The van der Waals surface area contributed by atoms with Crippen LogP contribution in [-0.4, -0.2) is 42.9 Å². The highest BCUT2D eigenvalue weighted by Gasteiger charge is 2.46. The van der Waals surface area contributed by atoms with Crippen LogP contribution in [0.15, 0.2) is 24.5 Å². The summed E-state index contributed by atoms with van der Waals surface area (Å²) in [7, 11) is 1.74. The number of hydrogen-bond acceptors (Lipinski definition) is 5. The molecule has 1 saturated carbocycles. The molecule has 3 atom stereocenters. The number of aromatic nitrogens is 5. The zero-order valence-electron chi connectivity index (χ0n) is 20.1. The number of nitrogens with zero attached hydrogens (tertiary/aromatic N) is 5. The van der Waals surface area contributed by atoms with Gasteiger partial charge in [0, 0.05) is 25.7 Å². The van der Waals surface area contributed by atoms with E-state index in [1.54, 1.807) is 30.9 Å². The Morgan fingerprint density at radius 3 is 2.76 bits per heavy atom. The maximum atomic E-state index is 14.3. The Balaban J connectivity index is 1.46. The molecule has 13 heteroatoms. The summed E-state index contributed by atoms with van der Waals surface area (Å²) in [5, 5.41) is 13.8. The number of anilines is 1. The quantitative estimate of drug-likeness (QED) is 0.515. The SMILES string of the molecule is Cc1nc(-c2ccn(C)n2)c(Cl)cc1NC(=O)c1cnn(C2CCCC3C(=O)NCCC32)c1C(F)(F)F. The van der Waals surface area contributed by atoms with Gasteiger partial charge in [-0.2, -0.15) is 23.4 Å². The van der Waals surface area contributed by atoms with Crippen molar-refractivity contribution in [1.82, 2.24) is 29.9 Å². The maximum absolute atomic E-state index is 14.3. The first-order valence-corrected chi connectivity index (χ1v) is 12.3. The third-order valence-electron chi connectivity index (χ3n) is 7.13. The molecule has 2 N–H and O–H groups in total. The van der Waals surface area contributed by atoms with Crippen molar-refractivity contribution >= 4 is 29.1 Å². The van der Waals surface area contributed by atoms with E-state index in [-0.39, 0.29) is 28.5 Å². The van der Waals surface area contributed by atoms with Crippen molar-refractivity contribution in [2.45, 2.75) is 44.8 Å². The largest absolute Gasteiger partial charge is 0.433 e. The molecule has 0 aromatic carbocycles. The molecule has 196 valence electrons. The molecular weight excluding hydrogens is 511 g/mol. The van der Waals surface area contributed by atoms with Gasteiger partial charge in [0.05, 0.1) is 34.2 Å². The zero-order valence-corrected chi connectivity index (χ0v) is 20.9. The third-order valence-corrected chi connectivity index (χ3v) is 7.42. The molecule has 3 aromatic rings. The number of aryl methyl sites for hydroxylation is 2. The molecule has 37 heavy (non-hydrogen) atoms. The Kier molecular flexibility index (Phi) is 6.47. The van der Waals surface area contributed by atoms with Crippen molar-refractivity contribution < 1.29 is 22.8 Å². The predicted molar refractivity (Wildman–Crippen MR) is 129 cm³/mol. The smallest absolute Gasteiger partial charge is 0.356 e. The first-order chi connectivity index (χ1) is 17.5. The van der Waals surface area contributed by atoms with Crippen molar-refractivity contribution in [3.05, 3.63) is 46.5 Å². The summed E-state index contributed by atoms with van der Waals surface area (Å²) in [6, 6.07) is 2.54. The Hall–Kier alpha value is -3.41. The number of rotatable bonds is 4. The fourth-order valence-corrected chi connectivity index (χ4v) is 5.69. The van der Waals surface area contributed by atoms with Crippen molar-refractivity contribution in [3.8, 4) is 11.4 Å². The van der Waals surface area contributed by atoms with E-state index in [2.05, 4.69) is 25.8 Å². The number of nitrogens with one attached hydrogen (secondary N) is 2. The lowest BCUT2D eigenvalue weighted by molar-refractivity contribution is -0.147. The maximum Gasteiger partial charge on any atom is 0.433 e. The van der Waals surface area contributed by atoms with E-state index in [1.165, 1.54) is 6.07 Å². The van der Waals surface area contributed by atoms with Gasteiger partial charge < -0.3 is 10.6 Å². The van der Waals surface area contributed by atoms with E-state index in [0.717, 1.165) is 10.9 Å². The summed E-state index contributed by atoms with van der Waals surface area (Å²) in [6.45, 7) is 2.02. The Bertz CT molecular complexity index is 1370. The van der Waals surface area contributed by atoms with E-state index in [1.807, 2.05) is 0 Å². The molecule has 0 spiro atoms. The second-order valence-electron chi connectivity index (χ2n) is 9.48. The van der Waals surface area contributed by atoms with E-state index in [4.69, 9.17) is 11.6 Å². The lowest BCUT2D eigenvalue weighted by atomic mass is 9.72. The minimum absolute atomic E-state index is 0.131. The Labute approximate surface area is 215 Å². The molecule has 1 aliphatic heterocycles. The highest BCUT2D eigenvalue weighted by molar-refractivity contribution is 6.33. The van der Waals surface area contributed by atoms with Gasteiger partial charge in [-0.25, -0.2) is 4.98 Å². The Morgan fingerprint density at radius 1 is 1.27 bits per heavy atom. The highest BCUT2D eigenvalue weighted by Crippen LogP contribution is 2.44. The first kappa shape index (κ1) is 25.2. The molecule has 2 amide bonds. The number of halogens is 4. The van der Waals surface area contributed by atoms with Gasteiger partial charge in [-0.05, 0) is 44.2 Å². The molecule has 4 heterocycles. The number of amides is 2. The Morgan fingerprint density at radius 2 is 2.05 bits per heavy atom. The van der Waals surface area contributed by atoms with Crippen LogP contribution in [0.5, 0.6) is 0 Å². The molecule has 0 bridgehead atoms. The second kappa shape index (κ2) is 9.47. The van der Waals surface area contributed by atoms with Crippen LogP contribution in [0.4, 0.5) is 18.9 Å². The van der Waals surface area contributed by atoms with E-state index in [9.17, 15) is 22.8 Å². The molecule has 1 aliphatic carbocycles. The van der Waals surface area contributed by atoms with Gasteiger partial charge in [-0.3, -0.25) is 19.0 Å².